The van der Waals surface area contributed by atoms with Crippen molar-refractivity contribution in [1.29, 1.82) is 0 Å². The average molecular weight is 240 g/mol. The fourth-order valence-electron chi connectivity index (χ4n) is 1.36. The first-order valence-corrected chi connectivity index (χ1v) is 6.45. The summed E-state index contributed by atoms with van der Waals surface area (Å²) in [5.41, 5.74) is 5.77. The molecule has 1 saturated carbocycles. The van der Waals surface area contributed by atoms with Gasteiger partial charge in [-0.1, -0.05) is 6.07 Å². The Labute approximate surface area is 93.7 Å². The molecule has 0 heterocycles. The van der Waals surface area contributed by atoms with Gasteiger partial charge in [0.05, 0.1) is 5.25 Å². The second-order valence-electron chi connectivity index (χ2n) is 3.79. The molecule has 2 rings (SSSR count). The van der Waals surface area contributed by atoms with Crippen molar-refractivity contribution < 1.29 is 13.2 Å². The number of rotatable bonds is 4. The molecule has 1 aromatic rings. The van der Waals surface area contributed by atoms with Gasteiger partial charge in [-0.3, -0.25) is 9.52 Å². The Morgan fingerprint density at radius 1 is 1.38 bits per heavy atom. The minimum absolute atomic E-state index is 0.287. The standard InChI is InChI=1S/C10H12N2O3S/c11-10(13)7-2-1-3-8(6-7)12-16(14,15)9-4-5-9/h1-3,6,9,12H,4-5H2,(H2,11,13). The third-order valence-electron chi connectivity index (χ3n) is 2.37. The molecule has 1 aliphatic rings. The third-order valence-corrected chi connectivity index (χ3v) is 4.24. The van der Waals surface area contributed by atoms with Crippen LogP contribution in [0.5, 0.6) is 0 Å². The van der Waals surface area contributed by atoms with Gasteiger partial charge in [-0.05, 0) is 31.0 Å². The number of primary amides is 1. The zero-order chi connectivity index (χ0) is 11.8. The number of benzene rings is 1. The number of nitrogens with two attached hydrogens (primary N) is 1. The fourth-order valence-corrected chi connectivity index (χ4v) is 2.74. The maximum absolute atomic E-state index is 11.6. The summed E-state index contributed by atoms with van der Waals surface area (Å²) in [5.74, 6) is -0.576. The van der Waals surface area contributed by atoms with Gasteiger partial charge in [0.2, 0.25) is 15.9 Å². The van der Waals surface area contributed by atoms with Crippen LogP contribution in [0, 0.1) is 0 Å². The van der Waals surface area contributed by atoms with Crippen LogP contribution < -0.4 is 10.5 Å². The molecule has 1 amide bonds. The molecule has 5 nitrogen and oxygen atoms in total. The SMILES string of the molecule is NC(=O)c1cccc(NS(=O)(=O)C2CC2)c1. The summed E-state index contributed by atoms with van der Waals surface area (Å²) in [7, 11) is -3.28. The van der Waals surface area contributed by atoms with E-state index in [1.807, 2.05) is 0 Å². The monoisotopic (exact) mass is 240 g/mol. The van der Waals surface area contributed by atoms with E-state index < -0.39 is 15.9 Å². The van der Waals surface area contributed by atoms with Crippen LogP contribution in [0.2, 0.25) is 0 Å². The Morgan fingerprint density at radius 3 is 2.62 bits per heavy atom. The van der Waals surface area contributed by atoms with Crippen LogP contribution in [0.15, 0.2) is 24.3 Å². The van der Waals surface area contributed by atoms with E-state index in [-0.39, 0.29) is 10.8 Å². The van der Waals surface area contributed by atoms with Gasteiger partial charge in [0.25, 0.3) is 0 Å². The Kier molecular flexibility index (Phi) is 2.59. The highest BCUT2D eigenvalue weighted by molar-refractivity contribution is 7.93. The number of carbonyl (C=O) groups is 1. The van der Waals surface area contributed by atoms with Crippen molar-refractivity contribution in [3.8, 4) is 0 Å². The van der Waals surface area contributed by atoms with Crippen LogP contribution >= 0.6 is 0 Å². The molecule has 16 heavy (non-hydrogen) atoms. The molecule has 1 aliphatic carbocycles. The molecule has 0 radical (unpaired) electrons. The van der Waals surface area contributed by atoms with E-state index >= 15 is 0 Å². The minimum Gasteiger partial charge on any atom is -0.366 e. The first-order chi connectivity index (χ1) is 7.49. The molecule has 0 unspecified atom stereocenters. The van der Waals surface area contributed by atoms with E-state index in [9.17, 15) is 13.2 Å². The summed E-state index contributed by atoms with van der Waals surface area (Å²) in [4.78, 5) is 10.9. The highest BCUT2D eigenvalue weighted by Gasteiger charge is 2.35. The van der Waals surface area contributed by atoms with Crippen LogP contribution in [0.1, 0.15) is 23.2 Å². The van der Waals surface area contributed by atoms with Crippen molar-refractivity contribution in [2.75, 3.05) is 4.72 Å². The number of amides is 1. The number of hydrogen-bond donors (Lipinski definition) is 2. The van der Waals surface area contributed by atoms with Crippen LogP contribution in [0.3, 0.4) is 0 Å². The lowest BCUT2D eigenvalue weighted by Crippen LogP contribution is -2.18. The molecule has 0 spiro atoms. The number of sulfonamides is 1. The lowest BCUT2D eigenvalue weighted by Gasteiger charge is -2.07. The van der Waals surface area contributed by atoms with E-state index in [0.717, 1.165) is 0 Å². The zero-order valence-electron chi connectivity index (χ0n) is 8.51. The lowest BCUT2D eigenvalue weighted by molar-refractivity contribution is 0.100. The predicted octanol–water partition coefficient (Wildman–Crippen LogP) is 0.690. The molecule has 0 aliphatic heterocycles. The molecule has 1 fully saturated rings. The van der Waals surface area contributed by atoms with E-state index in [2.05, 4.69) is 4.72 Å². The number of hydrogen-bond acceptors (Lipinski definition) is 3. The molecule has 0 atom stereocenters. The topological polar surface area (TPSA) is 89.3 Å². The Hall–Kier alpha value is -1.56. The highest BCUT2D eigenvalue weighted by Crippen LogP contribution is 2.29. The van der Waals surface area contributed by atoms with E-state index in [1.165, 1.54) is 12.1 Å². The molecule has 3 N–H and O–H groups in total. The number of nitrogens with one attached hydrogen (secondary N) is 1. The highest BCUT2D eigenvalue weighted by atomic mass is 32.2. The largest absolute Gasteiger partial charge is 0.366 e. The maximum Gasteiger partial charge on any atom is 0.248 e. The van der Waals surface area contributed by atoms with Gasteiger partial charge in [0, 0.05) is 11.3 Å². The quantitative estimate of drug-likeness (QED) is 0.811. The van der Waals surface area contributed by atoms with Crippen molar-refractivity contribution in [2.24, 2.45) is 5.73 Å². The van der Waals surface area contributed by atoms with Crippen LogP contribution in [-0.2, 0) is 10.0 Å². The van der Waals surface area contributed by atoms with Gasteiger partial charge in [0.15, 0.2) is 0 Å². The van der Waals surface area contributed by atoms with E-state index in [1.54, 1.807) is 12.1 Å². The molecule has 0 saturated heterocycles. The number of anilines is 1. The first kappa shape index (κ1) is 10.9. The summed E-state index contributed by atoms with van der Waals surface area (Å²) in [6.45, 7) is 0. The maximum atomic E-state index is 11.6. The molecular formula is C10H12N2O3S. The van der Waals surface area contributed by atoms with Crippen molar-refractivity contribution in [3.05, 3.63) is 29.8 Å². The summed E-state index contributed by atoms with van der Waals surface area (Å²) in [5, 5.41) is -0.287. The second kappa shape index (κ2) is 3.79. The third kappa shape index (κ3) is 2.33. The normalized spacial score (nSPS) is 15.8. The molecule has 6 heteroatoms. The summed E-state index contributed by atoms with van der Waals surface area (Å²) in [6, 6.07) is 6.15. The summed E-state index contributed by atoms with van der Waals surface area (Å²) >= 11 is 0. The van der Waals surface area contributed by atoms with Crippen molar-refractivity contribution in [3.63, 3.8) is 0 Å². The van der Waals surface area contributed by atoms with Crippen LogP contribution in [0.4, 0.5) is 5.69 Å². The molecular weight excluding hydrogens is 228 g/mol. The van der Waals surface area contributed by atoms with E-state index in [4.69, 9.17) is 5.73 Å². The Morgan fingerprint density at radius 2 is 2.06 bits per heavy atom. The summed E-state index contributed by atoms with van der Waals surface area (Å²) in [6.07, 6.45) is 1.40. The lowest BCUT2D eigenvalue weighted by atomic mass is 10.2. The Balaban J connectivity index is 2.21. The fraction of sp³-hybridized carbons (Fsp3) is 0.300. The van der Waals surface area contributed by atoms with Gasteiger partial charge in [-0.15, -0.1) is 0 Å². The van der Waals surface area contributed by atoms with Crippen LogP contribution in [0.25, 0.3) is 0 Å². The second-order valence-corrected chi connectivity index (χ2v) is 5.75. The predicted molar refractivity (Wildman–Crippen MR) is 60.5 cm³/mol. The van der Waals surface area contributed by atoms with Gasteiger partial charge in [-0.25, -0.2) is 8.42 Å². The van der Waals surface area contributed by atoms with Crippen molar-refractivity contribution >= 4 is 21.6 Å². The van der Waals surface area contributed by atoms with Gasteiger partial charge in [0.1, 0.15) is 0 Å². The molecule has 0 aromatic heterocycles. The van der Waals surface area contributed by atoms with Crippen LogP contribution in [-0.4, -0.2) is 19.6 Å². The van der Waals surface area contributed by atoms with Gasteiger partial charge >= 0.3 is 0 Å². The van der Waals surface area contributed by atoms with Crippen molar-refractivity contribution in [1.82, 2.24) is 0 Å². The van der Waals surface area contributed by atoms with Gasteiger partial charge < -0.3 is 5.73 Å². The first-order valence-electron chi connectivity index (χ1n) is 4.90. The molecule has 1 aromatic carbocycles. The summed E-state index contributed by atoms with van der Waals surface area (Å²) < 4.78 is 25.7. The number of carbonyl (C=O) groups excluding carboxylic acids is 1. The smallest absolute Gasteiger partial charge is 0.248 e. The Bertz CT molecular complexity index is 521. The molecule has 86 valence electrons. The average Bonchev–Trinajstić information content (AvgIpc) is 3.00. The zero-order valence-corrected chi connectivity index (χ0v) is 9.33. The van der Waals surface area contributed by atoms with E-state index in [0.29, 0.717) is 18.5 Å². The molecule has 0 bridgehead atoms. The minimum atomic E-state index is -3.28. The van der Waals surface area contributed by atoms with Crippen molar-refractivity contribution in [2.45, 2.75) is 18.1 Å². The van der Waals surface area contributed by atoms with Gasteiger partial charge in [-0.2, -0.15) is 0 Å².